The molecular formula is C8H6BrF2N3S. The molecule has 0 unspecified atom stereocenters. The third-order valence-electron chi connectivity index (χ3n) is 1.41. The minimum absolute atomic E-state index is 0.0371. The van der Waals surface area contributed by atoms with Crippen molar-refractivity contribution in [1.82, 2.24) is 5.43 Å². The molecule has 0 aliphatic carbocycles. The van der Waals surface area contributed by atoms with Gasteiger partial charge in [0.2, 0.25) is 0 Å². The number of nitrogens with two attached hydrogens (primary N) is 1. The van der Waals surface area contributed by atoms with Crippen molar-refractivity contribution < 1.29 is 8.78 Å². The summed E-state index contributed by atoms with van der Waals surface area (Å²) in [5.41, 5.74) is 7.47. The van der Waals surface area contributed by atoms with Gasteiger partial charge in [0.05, 0.1) is 6.21 Å². The number of hydrazone groups is 1. The Hall–Kier alpha value is -1.08. The minimum atomic E-state index is -0.727. The molecule has 0 atom stereocenters. The van der Waals surface area contributed by atoms with E-state index in [1.165, 1.54) is 0 Å². The van der Waals surface area contributed by atoms with Crippen LogP contribution in [0, 0.1) is 11.6 Å². The Balaban J connectivity index is 2.94. The lowest BCUT2D eigenvalue weighted by Gasteiger charge is -2.00. The molecule has 1 rings (SSSR count). The van der Waals surface area contributed by atoms with E-state index in [2.05, 4.69) is 38.7 Å². The molecule has 0 bridgehead atoms. The van der Waals surface area contributed by atoms with Gasteiger partial charge in [-0.1, -0.05) is 0 Å². The second kappa shape index (κ2) is 5.13. The van der Waals surface area contributed by atoms with E-state index in [0.29, 0.717) is 0 Å². The maximum atomic E-state index is 13.2. The van der Waals surface area contributed by atoms with Gasteiger partial charge in [0, 0.05) is 16.1 Å². The third kappa shape index (κ3) is 3.52. The monoisotopic (exact) mass is 293 g/mol. The Morgan fingerprint density at radius 1 is 1.53 bits per heavy atom. The van der Waals surface area contributed by atoms with E-state index in [9.17, 15) is 8.78 Å². The van der Waals surface area contributed by atoms with Gasteiger partial charge in [-0.3, -0.25) is 5.43 Å². The van der Waals surface area contributed by atoms with E-state index in [0.717, 1.165) is 18.3 Å². The van der Waals surface area contributed by atoms with Gasteiger partial charge in [-0.05, 0) is 34.2 Å². The number of rotatable bonds is 2. The Morgan fingerprint density at radius 2 is 2.20 bits per heavy atom. The first kappa shape index (κ1) is 12.0. The Bertz CT molecular complexity index is 399. The second-order valence-corrected chi connectivity index (χ2v) is 3.81. The van der Waals surface area contributed by atoms with Crippen molar-refractivity contribution >= 4 is 39.5 Å². The van der Waals surface area contributed by atoms with Crippen molar-refractivity contribution in [1.29, 1.82) is 0 Å². The maximum Gasteiger partial charge on any atom is 0.184 e. The van der Waals surface area contributed by atoms with Crippen LogP contribution < -0.4 is 11.2 Å². The molecule has 0 radical (unpaired) electrons. The zero-order valence-electron chi connectivity index (χ0n) is 7.30. The minimum Gasteiger partial charge on any atom is -0.375 e. The standard InChI is InChI=1S/C8H6BrF2N3S/c9-6-1-4(10)2-7(11)5(6)3-13-14-8(12)15/h1-3H,(H3,12,14,15). The molecule has 0 aliphatic rings. The number of nitrogens with zero attached hydrogens (tertiary/aromatic N) is 1. The van der Waals surface area contributed by atoms with Gasteiger partial charge in [-0.15, -0.1) is 0 Å². The average molecular weight is 294 g/mol. The summed E-state index contributed by atoms with van der Waals surface area (Å²) >= 11 is 7.49. The number of benzene rings is 1. The van der Waals surface area contributed by atoms with E-state index < -0.39 is 11.6 Å². The Kier molecular flexibility index (Phi) is 4.10. The maximum absolute atomic E-state index is 13.2. The van der Waals surface area contributed by atoms with Crippen LogP contribution in [0.2, 0.25) is 0 Å². The molecule has 0 fully saturated rings. The first-order valence-electron chi connectivity index (χ1n) is 3.73. The normalized spacial score (nSPS) is 10.6. The van der Waals surface area contributed by atoms with Crippen molar-refractivity contribution in [2.45, 2.75) is 0 Å². The zero-order valence-corrected chi connectivity index (χ0v) is 9.70. The number of thiocarbonyl (C=S) groups is 1. The highest BCUT2D eigenvalue weighted by atomic mass is 79.9. The predicted octanol–water partition coefficient (Wildman–Crippen LogP) is 1.89. The number of hydrogen-bond acceptors (Lipinski definition) is 2. The molecule has 0 spiro atoms. The molecular weight excluding hydrogens is 288 g/mol. The topological polar surface area (TPSA) is 50.4 Å². The summed E-state index contributed by atoms with van der Waals surface area (Å²) in [5.74, 6) is -1.39. The smallest absolute Gasteiger partial charge is 0.184 e. The molecule has 80 valence electrons. The molecule has 3 nitrogen and oxygen atoms in total. The number of halogens is 3. The van der Waals surface area contributed by atoms with Crippen LogP contribution in [0.4, 0.5) is 8.78 Å². The molecule has 0 aliphatic heterocycles. The lowest BCUT2D eigenvalue weighted by molar-refractivity contribution is 0.580. The Labute approximate surface area is 98.5 Å². The van der Waals surface area contributed by atoms with Crippen molar-refractivity contribution in [3.05, 3.63) is 33.8 Å². The van der Waals surface area contributed by atoms with Crippen LogP contribution in [0.5, 0.6) is 0 Å². The van der Waals surface area contributed by atoms with Gasteiger partial charge >= 0.3 is 0 Å². The zero-order chi connectivity index (χ0) is 11.4. The van der Waals surface area contributed by atoms with Crippen molar-refractivity contribution in [2.24, 2.45) is 10.8 Å². The van der Waals surface area contributed by atoms with Crippen molar-refractivity contribution in [3.8, 4) is 0 Å². The third-order valence-corrected chi connectivity index (χ3v) is 2.16. The fourth-order valence-electron chi connectivity index (χ4n) is 0.837. The van der Waals surface area contributed by atoms with Gasteiger partial charge in [-0.2, -0.15) is 5.10 Å². The van der Waals surface area contributed by atoms with Gasteiger partial charge in [-0.25, -0.2) is 8.78 Å². The van der Waals surface area contributed by atoms with E-state index in [1.807, 2.05) is 0 Å². The summed E-state index contributed by atoms with van der Waals surface area (Å²) in [5, 5.41) is 3.52. The van der Waals surface area contributed by atoms with E-state index in [-0.39, 0.29) is 15.1 Å². The fraction of sp³-hybridized carbons (Fsp3) is 0. The van der Waals surface area contributed by atoms with Crippen LogP contribution in [-0.2, 0) is 0 Å². The summed E-state index contributed by atoms with van der Waals surface area (Å²) in [6.07, 6.45) is 1.15. The summed E-state index contributed by atoms with van der Waals surface area (Å²) in [4.78, 5) is 0. The van der Waals surface area contributed by atoms with E-state index in [4.69, 9.17) is 5.73 Å². The molecule has 7 heteroatoms. The molecule has 0 amide bonds. The average Bonchev–Trinajstić information content (AvgIpc) is 2.08. The first-order valence-corrected chi connectivity index (χ1v) is 4.94. The van der Waals surface area contributed by atoms with Gasteiger partial charge < -0.3 is 5.73 Å². The number of nitrogens with one attached hydrogen (secondary N) is 1. The first-order chi connectivity index (χ1) is 7.00. The van der Waals surface area contributed by atoms with Gasteiger partial charge in [0.1, 0.15) is 11.6 Å². The van der Waals surface area contributed by atoms with Crippen LogP contribution in [0.3, 0.4) is 0 Å². The van der Waals surface area contributed by atoms with Crippen LogP contribution in [0.1, 0.15) is 5.56 Å². The van der Waals surface area contributed by atoms with Gasteiger partial charge in [0.15, 0.2) is 5.11 Å². The lowest BCUT2D eigenvalue weighted by atomic mass is 10.2. The number of hydrogen-bond donors (Lipinski definition) is 2. The van der Waals surface area contributed by atoms with Gasteiger partial charge in [0.25, 0.3) is 0 Å². The predicted molar refractivity (Wildman–Crippen MR) is 61.6 cm³/mol. The van der Waals surface area contributed by atoms with E-state index >= 15 is 0 Å². The van der Waals surface area contributed by atoms with Crippen LogP contribution in [0.25, 0.3) is 0 Å². The molecule has 3 N–H and O–H groups in total. The van der Waals surface area contributed by atoms with Crippen LogP contribution >= 0.6 is 28.1 Å². The largest absolute Gasteiger partial charge is 0.375 e. The van der Waals surface area contributed by atoms with Crippen LogP contribution in [-0.4, -0.2) is 11.3 Å². The molecule has 1 aromatic carbocycles. The Morgan fingerprint density at radius 3 is 2.73 bits per heavy atom. The highest BCUT2D eigenvalue weighted by molar-refractivity contribution is 9.10. The van der Waals surface area contributed by atoms with E-state index in [1.54, 1.807) is 0 Å². The molecule has 0 saturated heterocycles. The molecule has 15 heavy (non-hydrogen) atoms. The molecule has 0 aromatic heterocycles. The highest BCUT2D eigenvalue weighted by Crippen LogP contribution is 2.19. The van der Waals surface area contributed by atoms with Crippen LogP contribution in [0.15, 0.2) is 21.7 Å². The summed E-state index contributed by atoms with van der Waals surface area (Å²) in [7, 11) is 0. The molecule has 0 heterocycles. The molecule has 0 saturated carbocycles. The molecule has 1 aromatic rings. The lowest BCUT2D eigenvalue weighted by Crippen LogP contribution is -2.24. The summed E-state index contributed by atoms with van der Waals surface area (Å²) in [6.45, 7) is 0. The SMILES string of the molecule is NC(=S)NN=Cc1c(F)cc(F)cc1Br. The fourth-order valence-corrected chi connectivity index (χ4v) is 1.40. The highest BCUT2D eigenvalue weighted by Gasteiger charge is 2.06. The van der Waals surface area contributed by atoms with Crippen molar-refractivity contribution in [2.75, 3.05) is 0 Å². The summed E-state index contributed by atoms with van der Waals surface area (Å²) < 4.78 is 26.1. The van der Waals surface area contributed by atoms with Crippen molar-refractivity contribution in [3.63, 3.8) is 0 Å². The summed E-state index contributed by atoms with van der Waals surface area (Å²) in [6, 6.07) is 1.89. The second-order valence-electron chi connectivity index (χ2n) is 2.52. The quantitative estimate of drug-likeness (QED) is 0.497.